The molecule has 28 heavy (non-hydrogen) atoms. The van der Waals surface area contributed by atoms with Gasteiger partial charge in [-0.25, -0.2) is 28.7 Å². The fourth-order valence-corrected chi connectivity index (χ4v) is 3.56. The Bertz CT molecular complexity index is 988. The monoisotopic (exact) mass is 383 g/mol. The van der Waals surface area contributed by atoms with E-state index in [1.165, 1.54) is 18.3 Å². The first kappa shape index (κ1) is 18.1. The molecule has 0 spiro atoms. The largest absolute Gasteiger partial charge is 0.368 e. The second kappa shape index (κ2) is 7.06. The molecule has 0 atom stereocenters. The van der Waals surface area contributed by atoms with Gasteiger partial charge in [0.05, 0.1) is 11.4 Å². The third-order valence-electron chi connectivity index (χ3n) is 5.03. The van der Waals surface area contributed by atoms with Crippen molar-refractivity contribution in [2.24, 2.45) is 0 Å². The van der Waals surface area contributed by atoms with Gasteiger partial charge in [-0.2, -0.15) is 0 Å². The summed E-state index contributed by atoms with van der Waals surface area (Å²) >= 11 is 0. The number of alkyl halides is 1. The molecule has 3 N–H and O–H groups in total. The minimum atomic E-state index is -0.958. The minimum absolute atomic E-state index is 0.208. The highest BCUT2D eigenvalue weighted by atomic mass is 19.1. The van der Waals surface area contributed by atoms with E-state index in [0.29, 0.717) is 12.5 Å². The molecule has 144 valence electrons. The van der Waals surface area contributed by atoms with Gasteiger partial charge in [-0.3, -0.25) is 4.98 Å². The van der Waals surface area contributed by atoms with E-state index < -0.39 is 17.4 Å². The number of aromatic nitrogens is 5. The molecule has 1 saturated carbocycles. The van der Waals surface area contributed by atoms with Gasteiger partial charge >= 0.3 is 0 Å². The van der Waals surface area contributed by atoms with Gasteiger partial charge in [-0.1, -0.05) is 0 Å². The third kappa shape index (κ3) is 3.35. The van der Waals surface area contributed by atoms with Crippen molar-refractivity contribution >= 4 is 11.9 Å². The lowest BCUT2D eigenvalue weighted by atomic mass is 9.65. The Morgan fingerprint density at radius 2 is 1.93 bits per heavy atom. The van der Waals surface area contributed by atoms with Gasteiger partial charge in [-0.15, -0.1) is 0 Å². The SMILES string of the molecule is Cc1nc(N)ncc1-c1cnc(NCC2(c3ncccc3F)CC(F)C2)nc1. The van der Waals surface area contributed by atoms with Crippen molar-refractivity contribution in [1.29, 1.82) is 0 Å². The van der Waals surface area contributed by atoms with Crippen LogP contribution < -0.4 is 11.1 Å². The Morgan fingerprint density at radius 3 is 2.57 bits per heavy atom. The summed E-state index contributed by atoms with van der Waals surface area (Å²) in [6, 6.07) is 2.87. The minimum Gasteiger partial charge on any atom is -0.368 e. The summed E-state index contributed by atoms with van der Waals surface area (Å²) in [7, 11) is 0. The summed E-state index contributed by atoms with van der Waals surface area (Å²) in [5.41, 5.74) is 7.42. The van der Waals surface area contributed by atoms with E-state index in [4.69, 9.17) is 5.73 Å². The first-order valence-corrected chi connectivity index (χ1v) is 8.87. The van der Waals surface area contributed by atoms with Gasteiger partial charge in [0.15, 0.2) is 0 Å². The Balaban J connectivity index is 1.51. The molecular formula is C19H19F2N7. The van der Waals surface area contributed by atoms with E-state index in [1.54, 1.807) is 18.6 Å². The van der Waals surface area contributed by atoms with Crippen LogP contribution in [0.1, 0.15) is 24.2 Å². The maximum Gasteiger partial charge on any atom is 0.222 e. The molecule has 1 fully saturated rings. The van der Waals surface area contributed by atoms with Gasteiger partial charge < -0.3 is 11.1 Å². The molecule has 3 heterocycles. The number of hydrogen-bond donors (Lipinski definition) is 2. The maximum atomic E-state index is 14.2. The van der Waals surface area contributed by atoms with E-state index in [-0.39, 0.29) is 24.5 Å². The van der Waals surface area contributed by atoms with E-state index >= 15 is 0 Å². The van der Waals surface area contributed by atoms with Gasteiger partial charge in [0.2, 0.25) is 11.9 Å². The number of aryl methyl sites for hydroxylation is 1. The molecule has 0 unspecified atom stereocenters. The highest BCUT2D eigenvalue weighted by Gasteiger charge is 2.48. The quantitative estimate of drug-likeness (QED) is 0.698. The van der Waals surface area contributed by atoms with Crippen LogP contribution >= 0.6 is 0 Å². The number of hydrogen-bond acceptors (Lipinski definition) is 7. The highest BCUT2D eigenvalue weighted by molar-refractivity contribution is 5.64. The van der Waals surface area contributed by atoms with E-state index in [1.807, 2.05) is 6.92 Å². The number of nitrogens with two attached hydrogens (primary N) is 1. The number of halogens is 2. The van der Waals surface area contributed by atoms with Gasteiger partial charge in [-0.05, 0) is 31.9 Å². The lowest BCUT2D eigenvalue weighted by molar-refractivity contribution is 0.0963. The Morgan fingerprint density at radius 1 is 1.18 bits per heavy atom. The molecule has 0 aromatic carbocycles. The van der Waals surface area contributed by atoms with E-state index in [2.05, 4.69) is 30.2 Å². The number of nitrogens with one attached hydrogen (secondary N) is 1. The van der Waals surface area contributed by atoms with Crippen LogP contribution in [0.3, 0.4) is 0 Å². The second-order valence-electron chi connectivity index (χ2n) is 7.00. The zero-order chi connectivity index (χ0) is 19.7. The molecule has 3 aromatic rings. The number of pyridine rings is 1. The third-order valence-corrected chi connectivity index (χ3v) is 5.03. The standard InChI is InChI=1S/C19H19F2N7/c1-11-14(9-24-17(22)28-11)12-7-25-18(26-8-12)27-10-19(5-13(20)6-19)16-15(21)3-2-4-23-16/h2-4,7-9,13H,5-6,10H2,1H3,(H2,22,24,28)(H,25,26,27). The van der Waals surface area contributed by atoms with Crippen molar-refractivity contribution in [3.05, 3.63) is 54.1 Å². The smallest absolute Gasteiger partial charge is 0.222 e. The highest BCUT2D eigenvalue weighted by Crippen LogP contribution is 2.45. The molecule has 0 bridgehead atoms. The number of nitrogens with zero attached hydrogens (tertiary/aromatic N) is 5. The lowest BCUT2D eigenvalue weighted by Gasteiger charge is -2.43. The van der Waals surface area contributed by atoms with Crippen molar-refractivity contribution < 1.29 is 8.78 Å². The average Bonchev–Trinajstić information content (AvgIpc) is 2.65. The average molecular weight is 383 g/mol. The molecule has 0 saturated heterocycles. The molecule has 0 radical (unpaired) electrons. The van der Waals surface area contributed by atoms with Crippen LogP contribution in [0.2, 0.25) is 0 Å². The molecule has 3 aromatic heterocycles. The zero-order valence-electron chi connectivity index (χ0n) is 15.2. The van der Waals surface area contributed by atoms with Crippen molar-refractivity contribution in [3.8, 4) is 11.1 Å². The molecular weight excluding hydrogens is 364 g/mol. The van der Waals surface area contributed by atoms with Crippen molar-refractivity contribution in [2.45, 2.75) is 31.4 Å². The van der Waals surface area contributed by atoms with Crippen LogP contribution in [-0.2, 0) is 5.41 Å². The topological polar surface area (TPSA) is 102 Å². The second-order valence-corrected chi connectivity index (χ2v) is 7.00. The fourth-order valence-electron chi connectivity index (χ4n) is 3.56. The van der Waals surface area contributed by atoms with Gasteiger partial charge in [0.25, 0.3) is 0 Å². The number of anilines is 2. The molecule has 0 aliphatic heterocycles. The summed E-state index contributed by atoms with van der Waals surface area (Å²) in [5, 5.41) is 3.09. The Labute approximate surface area is 160 Å². The first-order chi connectivity index (χ1) is 13.5. The molecule has 1 aliphatic rings. The van der Waals surface area contributed by atoms with Gasteiger partial charge in [0, 0.05) is 47.9 Å². The summed E-state index contributed by atoms with van der Waals surface area (Å²) in [5.74, 6) is 0.154. The van der Waals surface area contributed by atoms with Crippen LogP contribution in [0.15, 0.2) is 36.9 Å². The fraction of sp³-hybridized carbons (Fsp3) is 0.316. The van der Waals surface area contributed by atoms with E-state index in [9.17, 15) is 8.78 Å². The maximum absolute atomic E-state index is 14.2. The molecule has 1 aliphatic carbocycles. The van der Waals surface area contributed by atoms with Crippen LogP contribution in [0.25, 0.3) is 11.1 Å². The summed E-state index contributed by atoms with van der Waals surface area (Å²) in [6.45, 7) is 2.12. The first-order valence-electron chi connectivity index (χ1n) is 8.87. The number of nitrogen functional groups attached to an aromatic ring is 1. The predicted octanol–water partition coefficient (Wildman–Crippen LogP) is 2.84. The van der Waals surface area contributed by atoms with Crippen LogP contribution in [0, 0.1) is 12.7 Å². The summed E-state index contributed by atoms with van der Waals surface area (Å²) < 4.78 is 27.8. The summed E-state index contributed by atoms with van der Waals surface area (Å²) in [6.07, 6.45) is 5.90. The molecule has 0 amide bonds. The van der Waals surface area contributed by atoms with Crippen molar-refractivity contribution in [2.75, 3.05) is 17.6 Å². The normalized spacial score (nSPS) is 21.2. The van der Waals surface area contributed by atoms with Crippen molar-refractivity contribution in [3.63, 3.8) is 0 Å². The Kier molecular flexibility index (Phi) is 4.58. The Hall–Kier alpha value is -3.23. The molecule has 9 heteroatoms. The number of rotatable bonds is 5. The van der Waals surface area contributed by atoms with Gasteiger partial charge in [0.1, 0.15) is 12.0 Å². The van der Waals surface area contributed by atoms with Crippen LogP contribution in [-0.4, -0.2) is 37.6 Å². The lowest BCUT2D eigenvalue weighted by Crippen LogP contribution is -2.49. The van der Waals surface area contributed by atoms with Crippen LogP contribution in [0.4, 0.5) is 20.7 Å². The van der Waals surface area contributed by atoms with Crippen LogP contribution in [0.5, 0.6) is 0 Å². The molecule has 4 rings (SSSR count). The molecule has 7 nitrogen and oxygen atoms in total. The zero-order valence-corrected chi connectivity index (χ0v) is 15.2. The predicted molar refractivity (Wildman–Crippen MR) is 101 cm³/mol. The summed E-state index contributed by atoms with van der Waals surface area (Å²) in [4.78, 5) is 20.9. The van der Waals surface area contributed by atoms with Crippen molar-refractivity contribution in [1.82, 2.24) is 24.9 Å². The van der Waals surface area contributed by atoms with E-state index in [0.717, 1.165) is 16.8 Å².